The Balaban J connectivity index is 1.10. The maximum Gasteiger partial charge on any atom is 0.318 e. The lowest BCUT2D eigenvalue weighted by Gasteiger charge is -2.43. The van der Waals surface area contributed by atoms with Crippen LogP contribution >= 0.6 is 11.6 Å². The number of aryl methyl sites for hydroxylation is 1. The van der Waals surface area contributed by atoms with E-state index in [0.717, 1.165) is 13.1 Å². The van der Waals surface area contributed by atoms with Crippen molar-refractivity contribution in [2.75, 3.05) is 58.4 Å². The Hall–Kier alpha value is -5.39. The van der Waals surface area contributed by atoms with Crippen LogP contribution < -0.4 is 10.6 Å². The van der Waals surface area contributed by atoms with E-state index in [0.29, 0.717) is 77.8 Å². The third-order valence-corrected chi connectivity index (χ3v) is 10.3. The van der Waals surface area contributed by atoms with Gasteiger partial charge in [0.05, 0.1) is 25.4 Å². The average molecular weight is 752 g/mol. The normalized spacial score (nSPS) is 18.8. The molecular weight excluding hydrogens is 710 g/mol. The van der Waals surface area contributed by atoms with Gasteiger partial charge in [-0.2, -0.15) is 5.10 Å². The molecule has 0 saturated carbocycles. The van der Waals surface area contributed by atoms with E-state index in [-0.39, 0.29) is 18.4 Å². The van der Waals surface area contributed by atoms with Crippen LogP contribution in [0.5, 0.6) is 5.75 Å². The number of anilines is 1. The second-order valence-corrected chi connectivity index (χ2v) is 14.2. The first-order valence-electron chi connectivity index (χ1n) is 17.9. The van der Waals surface area contributed by atoms with E-state index in [9.17, 15) is 19.5 Å². The standard InChI is InChI=1S/C40H42ClN7O6/c1-45-18-20-47(21-19-45)39(52)43-36(28-6-4-3-5-7-28)38(51)48-33(26-54-40(48)16-22-53-23-17-40)37(50)42-31-13-9-27(10-14-31)8-11-29-25-46(2)44-35(29)32-24-30(41)12-15-34(32)49/h3-7,9-10,12-15,24-25,33,36,49H,16-23,26H2,1-2H3,(H,42,50)(H,43,52)/t33-,36+/m0/s1. The van der Waals surface area contributed by atoms with Gasteiger partial charge in [0, 0.05) is 74.1 Å². The zero-order valence-corrected chi connectivity index (χ0v) is 30.9. The van der Waals surface area contributed by atoms with Gasteiger partial charge in [-0.25, -0.2) is 4.79 Å². The van der Waals surface area contributed by atoms with Crippen molar-refractivity contribution >= 4 is 35.1 Å². The van der Waals surface area contributed by atoms with E-state index >= 15 is 0 Å². The molecule has 0 radical (unpaired) electrons. The van der Waals surface area contributed by atoms with Gasteiger partial charge in [-0.05, 0) is 55.1 Å². The molecular formula is C40H42ClN7O6. The summed E-state index contributed by atoms with van der Waals surface area (Å²) in [7, 11) is 3.78. The number of phenolic OH excluding ortho intramolecular Hbond substituents is 1. The number of piperazine rings is 1. The maximum atomic E-state index is 14.8. The number of aromatic hydroxyl groups is 1. The Morgan fingerprint density at radius 3 is 2.41 bits per heavy atom. The molecule has 3 aliphatic heterocycles. The summed E-state index contributed by atoms with van der Waals surface area (Å²) in [6.45, 7) is 3.27. The topological polar surface area (TPSA) is 142 Å². The first kappa shape index (κ1) is 36.9. The van der Waals surface area contributed by atoms with Gasteiger partial charge in [0.1, 0.15) is 29.3 Å². The highest BCUT2D eigenvalue weighted by molar-refractivity contribution is 6.31. The smallest absolute Gasteiger partial charge is 0.318 e. The number of ether oxygens (including phenoxy) is 2. The van der Waals surface area contributed by atoms with E-state index in [1.165, 1.54) is 11.0 Å². The Labute approximate surface area is 318 Å². The zero-order chi connectivity index (χ0) is 37.8. The number of nitrogens with one attached hydrogen (secondary N) is 2. The molecule has 3 fully saturated rings. The minimum atomic E-state index is -1.06. The summed E-state index contributed by atoms with van der Waals surface area (Å²) in [4.78, 5) is 47.8. The van der Waals surface area contributed by atoms with Crippen molar-refractivity contribution < 1.29 is 29.0 Å². The predicted molar refractivity (Wildman–Crippen MR) is 203 cm³/mol. The third kappa shape index (κ3) is 7.93. The number of carbonyl (C=O) groups is 3. The number of rotatable bonds is 6. The van der Waals surface area contributed by atoms with Gasteiger partial charge < -0.3 is 35.0 Å². The largest absolute Gasteiger partial charge is 0.507 e. The molecule has 7 rings (SSSR count). The summed E-state index contributed by atoms with van der Waals surface area (Å²) < 4.78 is 13.6. The first-order valence-corrected chi connectivity index (χ1v) is 18.3. The number of likely N-dealkylation sites (N-methyl/N-ethyl adjacent to an activating group) is 1. The van der Waals surface area contributed by atoms with Gasteiger partial charge in [0.15, 0.2) is 0 Å². The molecule has 3 saturated heterocycles. The van der Waals surface area contributed by atoms with Gasteiger partial charge in [-0.15, -0.1) is 0 Å². The molecule has 3 aliphatic rings. The molecule has 2 atom stereocenters. The van der Waals surface area contributed by atoms with Gasteiger partial charge in [-0.1, -0.05) is 53.8 Å². The van der Waals surface area contributed by atoms with E-state index < -0.39 is 29.6 Å². The van der Waals surface area contributed by atoms with E-state index in [2.05, 4.69) is 32.5 Å². The van der Waals surface area contributed by atoms with Crippen molar-refractivity contribution in [3.8, 4) is 28.8 Å². The second kappa shape index (κ2) is 15.9. The van der Waals surface area contributed by atoms with Crippen molar-refractivity contribution in [3.63, 3.8) is 0 Å². The highest BCUT2D eigenvalue weighted by Crippen LogP contribution is 2.39. The Kier molecular flexibility index (Phi) is 10.9. The Bertz CT molecular complexity index is 2070. The summed E-state index contributed by atoms with van der Waals surface area (Å²) in [5, 5.41) is 21.3. The number of benzene rings is 3. The first-order chi connectivity index (χ1) is 26.1. The minimum absolute atomic E-state index is 0.00925. The van der Waals surface area contributed by atoms with Crippen LogP contribution in [0.25, 0.3) is 11.3 Å². The van der Waals surface area contributed by atoms with Crippen LogP contribution in [-0.2, 0) is 26.1 Å². The summed E-state index contributed by atoms with van der Waals surface area (Å²) >= 11 is 6.18. The lowest BCUT2D eigenvalue weighted by Crippen LogP contribution is -2.60. The highest BCUT2D eigenvalue weighted by Gasteiger charge is 2.54. The lowest BCUT2D eigenvalue weighted by atomic mass is 9.97. The lowest BCUT2D eigenvalue weighted by molar-refractivity contribution is -0.172. The molecule has 14 heteroatoms. The molecule has 54 heavy (non-hydrogen) atoms. The zero-order valence-electron chi connectivity index (χ0n) is 30.1. The maximum absolute atomic E-state index is 14.8. The van der Waals surface area contributed by atoms with Crippen molar-refractivity contribution in [1.29, 1.82) is 0 Å². The fourth-order valence-corrected chi connectivity index (χ4v) is 7.23. The van der Waals surface area contributed by atoms with Crippen LogP contribution in [0.1, 0.15) is 35.6 Å². The number of aromatic nitrogens is 2. The van der Waals surface area contributed by atoms with Gasteiger partial charge in [0.25, 0.3) is 5.91 Å². The number of phenols is 1. The van der Waals surface area contributed by atoms with Crippen LogP contribution in [0.3, 0.4) is 0 Å². The van der Waals surface area contributed by atoms with Crippen molar-refractivity contribution in [2.45, 2.75) is 30.7 Å². The fraction of sp³-hybridized carbons (Fsp3) is 0.350. The Morgan fingerprint density at radius 2 is 1.69 bits per heavy atom. The summed E-state index contributed by atoms with van der Waals surface area (Å²) in [6.07, 6.45) is 2.54. The summed E-state index contributed by atoms with van der Waals surface area (Å²) in [6, 6.07) is 18.5. The average Bonchev–Trinajstić information content (AvgIpc) is 3.74. The molecule has 0 unspecified atom stereocenters. The number of halogens is 1. The minimum Gasteiger partial charge on any atom is -0.507 e. The molecule has 4 aromatic rings. The molecule has 280 valence electrons. The molecule has 13 nitrogen and oxygen atoms in total. The van der Waals surface area contributed by atoms with E-state index in [1.54, 1.807) is 71.4 Å². The molecule has 3 aromatic carbocycles. The van der Waals surface area contributed by atoms with Crippen LogP contribution in [0, 0.1) is 11.8 Å². The molecule has 0 bridgehead atoms. The number of carbonyl (C=O) groups excluding carboxylic acids is 3. The monoisotopic (exact) mass is 751 g/mol. The van der Waals surface area contributed by atoms with Crippen LogP contribution in [0.2, 0.25) is 5.02 Å². The number of amides is 4. The number of hydrogen-bond acceptors (Lipinski definition) is 8. The predicted octanol–water partition coefficient (Wildman–Crippen LogP) is 4.22. The summed E-state index contributed by atoms with van der Waals surface area (Å²) in [5.41, 5.74) is 2.33. The fourth-order valence-electron chi connectivity index (χ4n) is 7.06. The van der Waals surface area contributed by atoms with Gasteiger partial charge in [0.2, 0.25) is 5.91 Å². The third-order valence-electron chi connectivity index (χ3n) is 10.0. The molecule has 4 heterocycles. The summed E-state index contributed by atoms with van der Waals surface area (Å²) in [5.74, 6) is 5.47. The molecule has 4 amide bonds. The van der Waals surface area contributed by atoms with Crippen molar-refractivity contribution in [2.24, 2.45) is 7.05 Å². The molecule has 1 spiro atoms. The SMILES string of the molecule is CN1CCN(C(=O)N[C@@H](C(=O)N2[C@H](C(=O)Nc3ccc(C#Cc4cn(C)nc4-c4cc(Cl)ccc4O)cc3)COC23CCOCC3)c2ccccc2)CC1. The van der Waals surface area contributed by atoms with E-state index in [1.807, 2.05) is 25.2 Å². The quantitative estimate of drug-likeness (QED) is 0.249. The van der Waals surface area contributed by atoms with Gasteiger partial charge in [-0.3, -0.25) is 19.2 Å². The van der Waals surface area contributed by atoms with Crippen molar-refractivity contribution in [1.82, 2.24) is 29.8 Å². The number of urea groups is 1. The van der Waals surface area contributed by atoms with E-state index in [4.69, 9.17) is 21.1 Å². The molecule has 0 aliphatic carbocycles. The molecule has 3 N–H and O–H groups in total. The van der Waals surface area contributed by atoms with Crippen molar-refractivity contribution in [3.05, 3.63) is 101 Å². The van der Waals surface area contributed by atoms with Crippen LogP contribution in [0.4, 0.5) is 10.5 Å². The highest BCUT2D eigenvalue weighted by atomic mass is 35.5. The van der Waals surface area contributed by atoms with Crippen LogP contribution in [-0.4, -0.2) is 112 Å². The number of nitrogens with zero attached hydrogens (tertiary/aromatic N) is 5. The number of hydrogen-bond donors (Lipinski definition) is 3. The van der Waals surface area contributed by atoms with Gasteiger partial charge >= 0.3 is 6.03 Å². The molecule has 1 aromatic heterocycles. The van der Waals surface area contributed by atoms with Crippen LogP contribution in [0.15, 0.2) is 79.0 Å². The Morgan fingerprint density at radius 1 is 0.963 bits per heavy atom. The second-order valence-electron chi connectivity index (χ2n) is 13.7.